The number of thiocarbonyl (C=S) groups is 1. The zero-order valence-electron chi connectivity index (χ0n) is 11.4. The van der Waals surface area contributed by atoms with E-state index in [4.69, 9.17) is 17.0 Å². The molecule has 1 aliphatic rings. The van der Waals surface area contributed by atoms with Crippen molar-refractivity contribution in [3.63, 3.8) is 0 Å². The first-order chi connectivity index (χ1) is 9.24. The second kappa shape index (κ2) is 7.43. The molecular formula is C14H22N3OS+. The van der Waals surface area contributed by atoms with E-state index in [1.165, 1.54) is 5.56 Å². The molecule has 5 heteroatoms. The minimum atomic E-state index is 0.691. The van der Waals surface area contributed by atoms with E-state index in [0.29, 0.717) is 5.11 Å². The molecule has 0 spiro atoms. The van der Waals surface area contributed by atoms with E-state index in [1.807, 2.05) is 12.1 Å². The number of hydrogen-bond acceptors (Lipinski definition) is 2. The van der Waals surface area contributed by atoms with Gasteiger partial charge in [0.05, 0.1) is 26.3 Å². The summed E-state index contributed by atoms with van der Waals surface area (Å²) in [4.78, 5) is 1.58. The number of anilines is 1. The van der Waals surface area contributed by atoms with Gasteiger partial charge in [0.2, 0.25) is 0 Å². The van der Waals surface area contributed by atoms with Crippen molar-refractivity contribution >= 4 is 23.0 Å². The van der Waals surface area contributed by atoms with Crippen LogP contribution in [0.15, 0.2) is 24.3 Å². The van der Waals surface area contributed by atoms with Crippen LogP contribution >= 0.6 is 12.2 Å². The van der Waals surface area contributed by atoms with E-state index < -0.39 is 0 Å². The molecule has 0 atom stereocenters. The van der Waals surface area contributed by atoms with E-state index in [0.717, 1.165) is 45.1 Å². The molecule has 0 bridgehead atoms. The van der Waals surface area contributed by atoms with Crippen molar-refractivity contribution in [1.82, 2.24) is 5.32 Å². The van der Waals surface area contributed by atoms with E-state index in [-0.39, 0.29) is 0 Å². The quantitative estimate of drug-likeness (QED) is 0.689. The maximum atomic E-state index is 5.34. The lowest BCUT2D eigenvalue weighted by molar-refractivity contribution is -0.906. The van der Waals surface area contributed by atoms with Gasteiger partial charge in [-0.2, -0.15) is 0 Å². The first-order valence-electron chi connectivity index (χ1n) is 6.77. The summed E-state index contributed by atoms with van der Waals surface area (Å²) >= 11 is 5.28. The molecule has 2 rings (SSSR count). The van der Waals surface area contributed by atoms with Gasteiger partial charge in [-0.25, -0.2) is 0 Å². The van der Waals surface area contributed by atoms with Crippen LogP contribution in [0.5, 0.6) is 0 Å². The van der Waals surface area contributed by atoms with Crippen molar-refractivity contribution in [2.45, 2.75) is 6.92 Å². The maximum absolute atomic E-state index is 5.34. The Hall–Kier alpha value is -1.17. The zero-order valence-corrected chi connectivity index (χ0v) is 12.2. The Balaban J connectivity index is 1.65. The molecule has 4 nitrogen and oxygen atoms in total. The fourth-order valence-electron chi connectivity index (χ4n) is 2.08. The number of aryl methyl sites for hydroxylation is 1. The molecule has 1 heterocycles. The topological polar surface area (TPSA) is 37.7 Å². The third kappa shape index (κ3) is 5.14. The molecule has 3 N–H and O–H groups in total. The summed E-state index contributed by atoms with van der Waals surface area (Å²) < 4.78 is 5.34. The molecule has 1 aromatic rings. The van der Waals surface area contributed by atoms with E-state index in [9.17, 15) is 0 Å². The van der Waals surface area contributed by atoms with Gasteiger partial charge in [0, 0.05) is 5.69 Å². The Bertz CT molecular complexity index is 402. The summed E-state index contributed by atoms with van der Waals surface area (Å²) in [6, 6.07) is 8.22. The van der Waals surface area contributed by atoms with Crippen molar-refractivity contribution in [1.29, 1.82) is 0 Å². The van der Waals surface area contributed by atoms with Gasteiger partial charge in [-0.05, 0) is 31.3 Å². The molecule has 104 valence electrons. The average Bonchev–Trinajstić information content (AvgIpc) is 2.43. The maximum Gasteiger partial charge on any atom is 0.170 e. The predicted molar refractivity (Wildman–Crippen MR) is 81.8 cm³/mol. The summed E-state index contributed by atoms with van der Waals surface area (Å²) in [5.41, 5.74) is 2.28. The Kier molecular flexibility index (Phi) is 5.57. The number of benzene rings is 1. The van der Waals surface area contributed by atoms with Crippen LogP contribution in [0.1, 0.15) is 5.56 Å². The number of morpholine rings is 1. The third-order valence-electron chi connectivity index (χ3n) is 3.27. The molecule has 1 fully saturated rings. The van der Waals surface area contributed by atoms with Crippen LogP contribution in [-0.2, 0) is 4.74 Å². The van der Waals surface area contributed by atoms with Crippen LogP contribution < -0.4 is 15.5 Å². The SMILES string of the molecule is Cc1ccc(NC(=S)NCC[NH+]2CCOCC2)cc1. The minimum absolute atomic E-state index is 0.691. The lowest BCUT2D eigenvalue weighted by atomic mass is 10.2. The molecule has 0 radical (unpaired) electrons. The van der Waals surface area contributed by atoms with Crippen LogP contribution in [0, 0.1) is 6.92 Å². The van der Waals surface area contributed by atoms with Gasteiger partial charge >= 0.3 is 0 Å². The number of hydrogen-bond donors (Lipinski definition) is 3. The van der Waals surface area contributed by atoms with Crippen LogP contribution in [0.4, 0.5) is 5.69 Å². The van der Waals surface area contributed by atoms with E-state index >= 15 is 0 Å². The standard InChI is InChI=1S/C14H21N3OS/c1-12-2-4-13(5-3-12)16-14(19)15-6-7-17-8-10-18-11-9-17/h2-5H,6-11H2,1H3,(H2,15,16,19)/p+1. The van der Waals surface area contributed by atoms with E-state index in [2.05, 4.69) is 29.7 Å². The third-order valence-corrected chi connectivity index (χ3v) is 3.52. The van der Waals surface area contributed by atoms with Gasteiger partial charge in [-0.1, -0.05) is 17.7 Å². The molecular weight excluding hydrogens is 258 g/mol. The molecule has 19 heavy (non-hydrogen) atoms. The number of rotatable bonds is 4. The number of ether oxygens (including phenoxy) is 1. The lowest BCUT2D eigenvalue weighted by Crippen LogP contribution is -3.14. The predicted octanol–water partition coefficient (Wildman–Crippen LogP) is 0.197. The smallest absolute Gasteiger partial charge is 0.170 e. The van der Waals surface area contributed by atoms with Gasteiger partial charge in [0.15, 0.2) is 5.11 Å². The van der Waals surface area contributed by atoms with Crippen molar-refractivity contribution in [3.8, 4) is 0 Å². The Morgan fingerprint density at radius 3 is 2.63 bits per heavy atom. The van der Waals surface area contributed by atoms with E-state index in [1.54, 1.807) is 4.90 Å². The van der Waals surface area contributed by atoms with Crippen molar-refractivity contribution in [2.75, 3.05) is 44.7 Å². The summed E-state index contributed by atoms with van der Waals surface area (Å²) in [7, 11) is 0. The highest BCUT2D eigenvalue weighted by Gasteiger charge is 2.12. The summed E-state index contributed by atoms with van der Waals surface area (Å²) in [5.74, 6) is 0. The molecule has 0 amide bonds. The van der Waals surface area contributed by atoms with Gasteiger partial charge < -0.3 is 20.3 Å². The highest BCUT2D eigenvalue weighted by molar-refractivity contribution is 7.80. The zero-order chi connectivity index (χ0) is 13.5. The second-order valence-corrected chi connectivity index (χ2v) is 5.27. The molecule has 1 saturated heterocycles. The normalized spacial score (nSPS) is 16.1. The fourth-order valence-corrected chi connectivity index (χ4v) is 2.29. The first kappa shape index (κ1) is 14.2. The van der Waals surface area contributed by atoms with Gasteiger partial charge in [-0.3, -0.25) is 0 Å². The van der Waals surface area contributed by atoms with Gasteiger partial charge in [0.25, 0.3) is 0 Å². The fraction of sp³-hybridized carbons (Fsp3) is 0.500. The van der Waals surface area contributed by atoms with Gasteiger partial charge in [0.1, 0.15) is 13.1 Å². The highest BCUT2D eigenvalue weighted by atomic mass is 32.1. The Labute approximate surface area is 120 Å². The van der Waals surface area contributed by atoms with Crippen molar-refractivity contribution in [3.05, 3.63) is 29.8 Å². The van der Waals surface area contributed by atoms with Crippen LogP contribution in [-0.4, -0.2) is 44.5 Å². The van der Waals surface area contributed by atoms with Crippen LogP contribution in [0.2, 0.25) is 0 Å². The summed E-state index contributed by atoms with van der Waals surface area (Å²) in [5, 5.41) is 7.14. The monoisotopic (exact) mass is 280 g/mol. The second-order valence-electron chi connectivity index (χ2n) is 4.86. The molecule has 0 aliphatic carbocycles. The molecule has 0 unspecified atom stereocenters. The molecule has 0 aromatic heterocycles. The van der Waals surface area contributed by atoms with Crippen LogP contribution in [0.25, 0.3) is 0 Å². The summed E-state index contributed by atoms with van der Waals surface area (Å²) in [6.45, 7) is 8.00. The van der Waals surface area contributed by atoms with Crippen LogP contribution in [0.3, 0.4) is 0 Å². The highest BCUT2D eigenvalue weighted by Crippen LogP contribution is 2.07. The van der Waals surface area contributed by atoms with Crippen molar-refractivity contribution < 1.29 is 9.64 Å². The molecule has 1 aromatic carbocycles. The number of quaternary nitrogens is 1. The van der Waals surface area contributed by atoms with Gasteiger partial charge in [-0.15, -0.1) is 0 Å². The largest absolute Gasteiger partial charge is 0.370 e. The van der Waals surface area contributed by atoms with Crippen molar-refractivity contribution in [2.24, 2.45) is 0 Å². The number of nitrogens with one attached hydrogen (secondary N) is 3. The lowest BCUT2D eigenvalue weighted by Gasteiger charge is -2.24. The molecule has 1 aliphatic heterocycles. The minimum Gasteiger partial charge on any atom is -0.370 e. The molecule has 0 saturated carbocycles. The Morgan fingerprint density at radius 2 is 1.95 bits per heavy atom. The summed E-state index contributed by atoms with van der Waals surface area (Å²) in [6.07, 6.45) is 0. The average molecular weight is 280 g/mol. The first-order valence-corrected chi connectivity index (χ1v) is 7.18. The Morgan fingerprint density at radius 1 is 1.26 bits per heavy atom.